The van der Waals surface area contributed by atoms with Crippen molar-refractivity contribution in [1.82, 2.24) is 16.2 Å². The molecule has 1 aliphatic rings. The molecule has 4 nitrogen and oxygen atoms in total. The van der Waals surface area contributed by atoms with Gasteiger partial charge in [0.2, 0.25) is 0 Å². The van der Waals surface area contributed by atoms with Gasteiger partial charge >= 0.3 is 0 Å². The quantitative estimate of drug-likeness (QED) is 0.583. The van der Waals surface area contributed by atoms with Crippen molar-refractivity contribution in [3.63, 3.8) is 0 Å². The summed E-state index contributed by atoms with van der Waals surface area (Å²) in [5, 5.41) is 3.55. The van der Waals surface area contributed by atoms with E-state index in [2.05, 4.69) is 36.9 Å². The Morgan fingerprint density at radius 2 is 2.23 bits per heavy atom. The highest BCUT2D eigenvalue weighted by molar-refractivity contribution is 7.80. The van der Waals surface area contributed by atoms with Gasteiger partial charge in [-0.2, -0.15) is 0 Å². The average Bonchev–Trinajstić information content (AvgIpc) is 2.87. The molecule has 1 heterocycles. The van der Waals surface area contributed by atoms with E-state index in [4.69, 9.17) is 12.2 Å². The number of nitrogens with one attached hydrogen (secondary N) is 3. The Kier molecular flexibility index (Phi) is 6.20. The molecule has 0 spiro atoms. The zero-order chi connectivity index (χ0) is 16.1. The minimum Gasteiger partial charge on any atom is -0.361 e. The van der Waals surface area contributed by atoms with Crippen LogP contribution in [0, 0.1) is 11.8 Å². The van der Waals surface area contributed by atoms with E-state index in [9.17, 15) is 4.79 Å². The van der Waals surface area contributed by atoms with Gasteiger partial charge in [-0.1, -0.05) is 20.8 Å². The second-order valence-corrected chi connectivity index (χ2v) is 7.97. The lowest BCUT2D eigenvalue weighted by Crippen LogP contribution is -2.46. The molecule has 122 valence electrons. The monoisotopic (exact) mass is 339 g/mol. The molecule has 6 heteroatoms. The van der Waals surface area contributed by atoms with Crippen LogP contribution >= 0.6 is 23.6 Å². The SMILES string of the molecule is CC(C)CCNC(=S)NNC(=O)c1cc2c(s1)CC[C@@H](C)C2. The van der Waals surface area contributed by atoms with Crippen LogP contribution in [0.4, 0.5) is 0 Å². The summed E-state index contributed by atoms with van der Waals surface area (Å²) in [6, 6.07) is 2.03. The van der Waals surface area contributed by atoms with Crippen molar-refractivity contribution in [1.29, 1.82) is 0 Å². The van der Waals surface area contributed by atoms with Gasteiger partial charge < -0.3 is 5.32 Å². The van der Waals surface area contributed by atoms with Gasteiger partial charge in [0.05, 0.1) is 4.88 Å². The standard InChI is InChI=1S/C16H25N3OS2/c1-10(2)6-7-17-16(21)19-18-15(20)14-9-12-8-11(3)4-5-13(12)22-14/h9-11H,4-8H2,1-3H3,(H,18,20)(H2,17,19,21)/t11-/m1/s1. The van der Waals surface area contributed by atoms with Crippen LogP contribution < -0.4 is 16.2 Å². The van der Waals surface area contributed by atoms with E-state index in [1.807, 2.05) is 6.07 Å². The van der Waals surface area contributed by atoms with Crippen molar-refractivity contribution in [3.05, 3.63) is 21.4 Å². The van der Waals surface area contributed by atoms with Gasteiger partial charge in [0.1, 0.15) is 0 Å². The molecular weight excluding hydrogens is 314 g/mol. The molecule has 0 bridgehead atoms. The van der Waals surface area contributed by atoms with Crippen LogP contribution in [0.15, 0.2) is 6.07 Å². The van der Waals surface area contributed by atoms with E-state index in [0.29, 0.717) is 16.9 Å². The van der Waals surface area contributed by atoms with Gasteiger partial charge in [-0.15, -0.1) is 11.3 Å². The number of hydrogen-bond donors (Lipinski definition) is 3. The van der Waals surface area contributed by atoms with Crippen molar-refractivity contribution in [2.24, 2.45) is 11.8 Å². The highest BCUT2D eigenvalue weighted by Gasteiger charge is 2.20. The van der Waals surface area contributed by atoms with Crippen LogP contribution in [0.1, 0.15) is 53.7 Å². The highest BCUT2D eigenvalue weighted by Crippen LogP contribution is 2.31. The maximum absolute atomic E-state index is 12.2. The first-order valence-electron chi connectivity index (χ1n) is 7.91. The van der Waals surface area contributed by atoms with Crippen molar-refractivity contribution >= 4 is 34.6 Å². The van der Waals surface area contributed by atoms with Gasteiger partial charge in [0.15, 0.2) is 5.11 Å². The number of fused-ring (bicyclic) bond motifs is 1. The van der Waals surface area contributed by atoms with Gasteiger partial charge in [0, 0.05) is 11.4 Å². The number of carbonyl (C=O) groups excluding carboxylic acids is 1. The molecule has 0 saturated heterocycles. The zero-order valence-corrected chi connectivity index (χ0v) is 15.1. The Morgan fingerprint density at radius 1 is 1.45 bits per heavy atom. The molecule has 2 rings (SSSR count). The Bertz CT molecular complexity index is 539. The first kappa shape index (κ1) is 17.2. The van der Waals surface area contributed by atoms with Crippen LogP contribution in [0.5, 0.6) is 0 Å². The predicted molar refractivity (Wildman–Crippen MR) is 96.2 cm³/mol. The summed E-state index contributed by atoms with van der Waals surface area (Å²) in [5.41, 5.74) is 6.79. The molecule has 0 unspecified atom stereocenters. The molecule has 1 atom stereocenters. The molecule has 0 aromatic carbocycles. The average molecular weight is 340 g/mol. The molecule has 1 aliphatic carbocycles. The number of aryl methyl sites for hydroxylation is 1. The van der Waals surface area contributed by atoms with E-state index in [0.717, 1.165) is 30.7 Å². The molecule has 0 saturated carbocycles. The minimum atomic E-state index is -0.111. The third-order valence-corrected chi connectivity index (χ3v) is 5.33. The summed E-state index contributed by atoms with van der Waals surface area (Å²) < 4.78 is 0. The number of hydrogen-bond acceptors (Lipinski definition) is 3. The number of carbonyl (C=O) groups is 1. The fourth-order valence-corrected chi connectivity index (χ4v) is 3.77. The molecule has 22 heavy (non-hydrogen) atoms. The lowest BCUT2D eigenvalue weighted by molar-refractivity contribution is 0.0947. The minimum absolute atomic E-state index is 0.111. The molecule has 1 aromatic rings. The number of thiophene rings is 1. The maximum Gasteiger partial charge on any atom is 0.279 e. The summed E-state index contributed by atoms with van der Waals surface area (Å²) in [6.07, 6.45) is 4.45. The van der Waals surface area contributed by atoms with Crippen LogP contribution in [0.25, 0.3) is 0 Å². The molecule has 1 aromatic heterocycles. The lowest BCUT2D eigenvalue weighted by atomic mass is 9.90. The van der Waals surface area contributed by atoms with Crippen LogP contribution in [-0.4, -0.2) is 17.6 Å². The second kappa shape index (κ2) is 7.92. The Labute approximate surface area is 142 Å². The lowest BCUT2D eigenvalue weighted by Gasteiger charge is -2.16. The van der Waals surface area contributed by atoms with Crippen LogP contribution in [0.2, 0.25) is 0 Å². The molecule has 0 aliphatic heterocycles. The topological polar surface area (TPSA) is 53.2 Å². The summed E-state index contributed by atoms with van der Waals surface area (Å²) in [6.45, 7) is 7.41. The normalized spacial score (nSPS) is 17.0. The summed E-state index contributed by atoms with van der Waals surface area (Å²) >= 11 is 6.75. The second-order valence-electron chi connectivity index (χ2n) is 6.42. The Morgan fingerprint density at radius 3 is 2.95 bits per heavy atom. The van der Waals surface area contributed by atoms with Crippen molar-refractivity contribution in [2.75, 3.05) is 6.54 Å². The molecular formula is C16H25N3OS2. The summed E-state index contributed by atoms with van der Waals surface area (Å²) in [4.78, 5) is 14.3. The smallest absolute Gasteiger partial charge is 0.279 e. The summed E-state index contributed by atoms with van der Waals surface area (Å²) in [7, 11) is 0. The third kappa shape index (κ3) is 4.95. The van der Waals surface area contributed by atoms with E-state index in [1.165, 1.54) is 16.9 Å². The molecule has 0 radical (unpaired) electrons. The fourth-order valence-electron chi connectivity index (χ4n) is 2.51. The molecule has 3 N–H and O–H groups in total. The van der Waals surface area contributed by atoms with E-state index >= 15 is 0 Å². The van der Waals surface area contributed by atoms with E-state index < -0.39 is 0 Å². The summed E-state index contributed by atoms with van der Waals surface area (Å²) in [5.74, 6) is 1.23. The van der Waals surface area contributed by atoms with Crippen molar-refractivity contribution in [2.45, 2.75) is 46.5 Å². The number of hydrazine groups is 1. The number of amides is 1. The van der Waals surface area contributed by atoms with Crippen LogP contribution in [0.3, 0.4) is 0 Å². The largest absolute Gasteiger partial charge is 0.361 e. The zero-order valence-electron chi connectivity index (χ0n) is 13.5. The number of rotatable bonds is 4. The molecule has 1 amide bonds. The Balaban J connectivity index is 1.79. The van der Waals surface area contributed by atoms with Crippen LogP contribution in [-0.2, 0) is 12.8 Å². The number of thiocarbonyl (C=S) groups is 1. The van der Waals surface area contributed by atoms with Gasteiger partial charge in [0.25, 0.3) is 5.91 Å². The predicted octanol–water partition coefficient (Wildman–Crippen LogP) is 3.03. The van der Waals surface area contributed by atoms with Crippen molar-refractivity contribution < 1.29 is 4.79 Å². The van der Waals surface area contributed by atoms with Gasteiger partial charge in [-0.25, -0.2) is 0 Å². The van der Waals surface area contributed by atoms with Crippen molar-refractivity contribution in [3.8, 4) is 0 Å². The van der Waals surface area contributed by atoms with E-state index in [1.54, 1.807) is 11.3 Å². The third-order valence-electron chi connectivity index (χ3n) is 3.85. The molecule has 0 fully saturated rings. The van der Waals surface area contributed by atoms with Gasteiger partial charge in [-0.3, -0.25) is 15.6 Å². The first-order valence-corrected chi connectivity index (χ1v) is 9.14. The highest BCUT2D eigenvalue weighted by atomic mass is 32.1. The van der Waals surface area contributed by atoms with E-state index in [-0.39, 0.29) is 5.91 Å². The Hall–Kier alpha value is -1.14. The fraction of sp³-hybridized carbons (Fsp3) is 0.625. The first-order chi connectivity index (χ1) is 10.5. The van der Waals surface area contributed by atoms with Gasteiger partial charge in [-0.05, 0) is 61.4 Å². The maximum atomic E-state index is 12.2.